The minimum Gasteiger partial charge on any atom is -0.497 e. The normalized spacial score (nSPS) is 15.6. The monoisotopic (exact) mass is 452 g/mol. The van der Waals surface area contributed by atoms with Gasteiger partial charge in [-0.15, -0.1) is 0 Å². The highest BCUT2D eigenvalue weighted by Crippen LogP contribution is 2.16. The summed E-state index contributed by atoms with van der Waals surface area (Å²) in [5, 5.41) is 6.09. The fourth-order valence-electron chi connectivity index (χ4n) is 4.09. The van der Waals surface area contributed by atoms with Crippen LogP contribution in [0.5, 0.6) is 5.75 Å². The van der Waals surface area contributed by atoms with Crippen LogP contribution in [0.2, 0.25) is 0 Å². The van der Waals surface area contributed by atoms with Crippen LogP contribution in [0.3, 0.4) is 0 Å². The zero-order valence-electron chi connectivity index (χ0n) is 20.0. The Hall–Kier alpha value is -2.90. The van der Waals surface area contributed by atoms with Crippen LogP contribution in [0.1, 0.15) is 25.0 Å². The Morgan fingerprint density at radius 2 is 1.73 bits per heavy atom. The minimum absolute atomic E-state index is 0.00803. The van der Waals surface area contributed by atoms with E-state index in [0.717, 1.165) is 61.6 Å². The predicted molar refractivity (Wildman–Crippen MR) is 132 cm³/mol. The molecule has 0 spiro atoms. The third kappa shape index (κ3) is 7.30. The molecule has 3 rings (SSSR count). The second-order valence-corrected chi connectivity index (χ2v) is 8.44. The van der Waals surface area contributed by atoms with Crippen molar-refractivity contribution in [1.82, 2.24) is 15.1 Å². The molecule has 0 unspecified atom stereocenters. The molecule has 2 amide bonds. The van der Waals surface area contributed by atoms with Gasteiger partial charge < -0.3 is 15.4 Å². The number of carbonyl (C=O) groups is 2. The molecule has 33 heavy (non-hydrogen) atoms. The number of nitrogens with zero attached hydrogens (tertiary/aromatic N) is 2. The molecule has 2 N–H and O–H groups in total. The molecule has 0 aromatic heterocycles. The Labute approximate surface area is 197 Å². The second-order valence-electron chi connectivity index (χ2n) is 8.44. The van der Waals surface area contributed by atoms with Crippen molar-refractivity contribution in [2.75, 3.05) is 51.7 Å². The van der Waals surface area contributed by atoms with Crippen LogP contribution < -0.4 is 15.4 Å². The van der Waals surface area contributed by atoms with Gasteiger partial charge in [-0.2, -0.15) is 0 Å². The number of anilines is 1. The van der Waals surface area contributed by atoms with E-state index in [0.29, 0.717) is 13.1 Å². The zero-order chi connectivity index (χ0) is 23.6. The molecule has 1 aliphatic rings. The number of hydrogen-bond donors (Lipinski definition) is 2. The molecular formula is C26H36N4O3. The average molecular weight is 453 g/mol. The number of ether oxygens (including phenoxy) is 1. The van der Waals surface area contributed by atoms with E-state index < -0.39 is 0 Å². The number of nitrogens with one attached hydrogen (secondary N) is 2. The Balaban J connectivity index is 1.37. The van der Waals surface area contributed by atoms with Gasteiger partial charge in [-0.25, -0.2) is 0 Å². The highest BCUT2D eigenvalue weighted by Gasteiger charge is 2.26. The third-order valence-corrected chi connectivity index (χ3v) is 6.25. The van der Waals surface area contributed by atoms with Crippen LogP contribution in [-0.2, 0) is 22.4 Å². The van der Waals surface area contributed by atoms with Crippen LogP contribution in [0.15, 0.2) is 48.5 Å². The summed E-state index contributed by atoms with van der Waals surface area (Å²) in [6.45, 7) is 8.09. The molecular weight excluding hydrogens is 416 g/mol. The number of benzene rings is 2. The highest BCUT2D eigenvalue weighted by molar-refractivity contribution is 5.93. The van der Waals surface area contributed by atoms with Crippen LogP contribution in [0.25, 0.3) is 0 Å². The molecule has 2 aromatic rings. The molecule has 7 nitrogen and oxygen atoms in total. The van der Waals surface area contributed by atoms with E-state index in [-0.39, 0.29) is 17.9 Å². The molecule has 2 aromatic carbocycles. The summed E-state index contributed by atoms with van der Waals surface area (Å²) in [6.07, 6.45) is 1.67. The highest BCUT2D eigenvalue weighted by atomic mass is 16.5. The van der Waals surface area contributed by atoms with Gasteiger partial charge in [-0.1, -0.05) is 37.3 Å². The molecule has 1 aliphatic heterocycles. The fourth-order valence-corrected chi connectivity index (χ4v) is 4.09. The van der Waals surface area contributed by atoms with Gasteiger partial charge in [0, 0.05) is 38.4 Å². The molecule has 1 saturated heterocycles. The Bertz CT molecular complexity index is 908. The third-order valence-electron chi connectivity index (χ3n) is 6.25. The Kier molecular flexibility index (Phi) is 9.27. The molecule has 7 heteroatoms. The quantitative estimate of drug-likeness (QED) is 0.580. The first-order valence-electron chi connectivity index (χ1n) is 11.7. The summed E-state index contributed by atoms with van der Waals surface area (Å²) in [5.74, 6) is 0.887. The van der Waals surface area contributed by atoms with Crippen LogP contribution in [0, 0.1) is 0 Å². The number of piperazine rings is 1. The van der Waals surface area contributed by atoms with Gasteiger partial charge >= 0.3 is 0 Å². The minimum atomic E-state index is -0.187. The lowest BCUT2D eigenvalue weighted by molar-refractivity contribution is -0.127. The lowest BCUT2D eigenvalue weighted by Crippen LogP contribution is -2.54. The first-order chi connectivity index (χ1) is 16.0. The van der Waals surface area contributed by atoms with Gasteiger partial charge in [0.1, 0.15) is 5.75 Å². The van der Waals surface area contributed by atoms with E-state index in [1.807, 2.05) is 55.5 Å². The number of para-hydroxylation sites is 1. The van der Waals surface area contributed by atoms with E-state index in [2.05, 4.69) is 27.4 Å². The number of carbonyl (C=O) groups excluding carboxylic acids is 2. The van der Waals surface area contributed by atoms with Crippen LogP contribution in [-0.4, -0.2) is 74.0 Å². The molecule has 178 valence electrons. The van der Waals surface area contributed by atoms with E-state index in [9.17, 15) is 9.59 Å². The number of aryl methyl sites for hydroxylation is 1. The van der Waals surface area contributed by atoms with Crippen molar-refractivity contribution in [1.29, 1.82) is 0 Å². The number of methoxy groups -OCH3 is 1. The predicted octanol–water partition coefficient (Wildman–Crippen LogP) is 2.56. The smallest absolute Gasteiger partial charge is 0.238 e. The summed E-state index contributed by atoms with van der Waals surface area (Å²) < 4.78 is 5.17. The maximum atomic E-state index is 12.6. The summed E-state index contributed by atoms with van der Waals surface area (Å²) in [7, 11) is 1.65. The van der Waals surface area contributed by atoms with Crippen molar-refractivity contribution in [3.63, 3.8) is 0 Å². The Morgan fingerprint density at radius 3 is 2.39 bits per heavy atom. The standard InChI is InChI=1S/C26H36N4O3/c1-4-22-7-5-6-8-24(22)28-25(31)19-29-15-17-30(18-16-29)20(2)26(32)27-14-13-21-9-11-23(33-3)12-10-21/h5-12,20H,4,13-19H2,1-3H3,(H,27,32)(H,28,31)/t20-/m1/s1. The summed E-state index contributed by atoms with van der Waals surface area (Å²) in [6, 6.07) is 15.6. The maximum Gasteiger partial charge on any atom is 0.238 e. The summed E-state index contributed by atoms with van der Waals surface area (Å²) >= 11 is 0. The molecule has 0 saturated carbocycles. The van der Waals surface area contributed by atoms with E-state index in [4.69, 9.17) is 4.74 Å². The van der Waals surface area contributed by atoms with Crippen molar-refractivity contribution in [3.8, 4) is 5.75 Å². The molecule has 0 bridgehead atoms. The number of rotatable bonds is 10. The number of hydrogen-bond acceptors (Lipinski definition) is 5. The topological polar surface area (TPSA) is 73.9 Å². The van der Waals surface area contributed by atoms with Gasteiger partial charge in [-0.05, 0) is 49.1 Å². The van der Waals surface area contributed by atoms with E-state index >= 15 is 0 Å². The molecule has 1 heterocycles. The van der Waals surface area contributed by atoms with Gasteiger partial charge in [0.2, 0.25) is 11.8 Å². The average Bonchev–Trinajstić information content (AvgIpc) is 2.84. The van der Waals surface area contributed by atoms with Crippen molar-refractivity contribution >= 4 is 17.5 Å². The lowest BCUT2D eigenvalue weighted by atomic mass is 10.1. The second kappa shape index (κ2) is 12.4. The van der Waals surface area contributed by atoms with Crippen molar-refractivity contribution < 1.29 is 14.3 Å². The largest absolute Gasteiger partial charge is 0.497 e. The molecule has 0 radical (unpaired) electrons. The SMILES string of the molecule is CCc1ccccc1NC(=O)CN1CCN([C@H](C)C(=O)NCCc2ccc(OC)cc2)CC1. The first-order valence-corrected chi connectivity index (χ1v) is 11.7. The van der Waals surface area contributed by atoms with Crippen molar-refractivity contribution in [3.05, 3.63) is 59.7 Å². The molecule has 1 fully saturated rings. The summed E-state index contributed by atoms with van der Waals surface area (Å²) in [5.41, 5.74) is 3.20. The first kappa shape index (κ1) is 24.7. The van der Waals surface area contributed by atoms with Crippen molar-refractivity contribution in [2.45, 2.75) is 32.7 Å². The van der Waals surface area contributed by atoms with E-state index in [1.54, 1.807) is 7.11 Å². The molecule has 1 atom stereocenters. The number of amides is 2. The van der Waals surface area contributed by atoms with Gasteiger partial charge in [-0.3, -0.25) is 19.4 Å². The van der Waals surface area contributed by atoms with Gasteiger partial charge in [0.05, 0.1) is 19.7 Å². The lowest BCUT2D eigenvalue weighted by Gasteiger charge is -2.37. The maximum absolute atomic E-state index is 12.6. The Morgan fingerprint density at radius 1 is 1.03 bits per heavy atom. The molecule has 0 aliphatic carbocycles. The van der Waals surface area contributed by atoms with Crippen LogP contribution >= 0.6 is 0 Å². The van der Waals surface area contributed by atoms with Crippen LogP contribution in [0.4, 0.5) is 5.69 Å². The van der Waals surface area contributed by atoms with E-state index in [1.165, 1.54) is 0 Å². The fraction of sp³-hybridized carbons (Fsp3) is 0.462. The van der Waals surface area contributed by atoms with Crippen molar-refractivity contribution in [2.24, 2.45) is 0 Å². The van der Waals surface area contributed by atoms with Gasteiger partial charge in [0.15, 0.2) is 0 Å². The summed E-state index contributed by atoms with van der Waals surface area (Å²) in [4.78, 5) is 29.4. The zero-order valence-corrected chi connectivity index (χ0v) is 20.0. The van der Waals surface area contributed by atoms with Gasteiger partial charge in [0.25, 0.3) is 0 Å².